The summed E-state index contributed by atoms with van der Waals surface area (Å²) in [6, 6.07) is 95.0. The second-order valence-corrected chi connectivity index (χ2v) is 31.5. The molecule has 16 rings (SSSR count). The minimum atomic E-state index is -1.08. The number of halogens is 3. The third-order valence-electron chi connectivity index (χ3n) is 21.1. The Bertz CT molecular complexity index is 6850. The number of para-hydroxylation sites is 5. The predicted octanol–water partition coefficient (Wildman–Crippen LogP) is 23.4. The number of carbonyl (C=O) groups excluding carboxylic acids is 3. The number of carboxylic acids is 3. The van der Waals surface area contributed by atoms with E-state index in [0.29, 0.717) is 73.1 Å². The molecule has 1 atom stereocenters. The maximum absolute atomic E-state index is 14.4. The van der Waals surface area contributed by atoms with Crippen LogP contribution in [-0.2, 0) is 89.6 Å². The molecule has 0 aliphatic carbocycles. The monoisotopic (exact) mass is 1850 g/mol. The van der Waals surface area contributed by atoms with Gasteiger partial charge in [-0.15, -0.1) is 0 Å². The Morgan fingerprint density at radius 3 is 1.10 bits per heavy atom. The largest absolute Gasteiger partial charge is 0.489 e. The van der Waals surface area contributed by atoms with Crippen molar-refractivity contribution in [2.45, 2.75) is 131 Å². The summed E-state index contributed by atoms with van der Waals surface area (Å²) in [6.07, 6.45) is 0.596. The molecule has 0 spiro atoms. The molecule has 0 radical (unpaired) electrons. The fraction of sp³-hybridized carbons (Fsp3) is 0.189. The lowest BCUT2D eigenvalue weighted by molar-refractivity contribution is -0.144. The summed E-state index contributed by atoms with van der Waals surface area (Å²) >= 11 is 0. The second-order valence-electron chi connectivity index (χ2n) is 31.5. The molecule has 12 aromatic carbocycles. The molecule has 698 valence electrons. The van der Waals surface area contributed by atoms with E-state index in [9.17, 15) is 47.0 Å². The first-order chi connectivity index (χ1) is 66.6. The van der Waals surface area contributed by atoms with E-state index < -0.39 is 53.0 Å². The van der Waals surface area contributed by atoms with Gasteiger partial charge in [-0.2, -0.15) is 0 Å². The van der Waals surface area contributed by atoms with E-state index in [-0.39, 0.29) is 92.9 Å². The third-order valence-corrected chi connectivity index (χ3v) is 21.1. The Hall–Kier alpha value is -16.5. The van der Waals surface area contributed by atoms with Crippen LogP contribution in [0.3, 0.4) is 0 Å². The molecule has 26 heteroatoms. The van der Waals surface area contributed by atoms with Gasteiger partial charge in [0.1, 0.15) is 87.4 Å². The molecule has 0 fully saturated rings. The van der Waals surface area contributed by atoms with Crippen LogP contribution in [0.2, 0.25) is 0 Å². The fourth-order valence-corrected chi connectivity index (χ4v) is 13.9. The molecule has 4 aromatic heterocycles. The summed E-state index contributed by atoms with van der Waals surface area (Å²) in [5.41, 5.74) is 12.1. The van der Waals surface area contributed by atoms with Gasteiger partial charge in [0.15, 0.2) is 52.4 Å². The summed E-state index contributed by atoms with van der Waals surface area (Å²) in [7, 11) is 0. The Morgan fingerprint density at radius 1 is 0.321 bits per heavy atom. The molecule has 23 nitrogen and oxygen atoms in total. The third kappa shape index (κ3) is 30.3. The van der Waals surface area contributed by atoms with Gasteiger partial charge in [-0.25, -0.2) is 37.9 Å². The zero-order chi connectivity index (χ0) is 96.2. The van der Waals surface area contributed by atoms with E-state index >= 15 is 0 Å². The van der Waals surface area contributed by atoms with Crippen molar-refractivity contribution >= 4 is 79.1 Å². The van der Waals surface area contributed by atoms with E-state index in [4.69, 9.17) is 57.6 Å². The minimum absolute atomic E-state index is 0.00136. The van der Waals surface area contributed by atoms with Crippen molar-refractivity contribution in [2.24, 2.45) is 0 Å². The Labute approximate surface area is 789 Å². The van der Waals surface area contributed by atoms with Crippen LogP contribution in [0.1, 0.15) is 136 Å². The number of rotatable bonds is 41. The first kappa shape index (κ1) is 98.0. The zero-order valence-corrected chi connectivity index (χ0v) is 75.4. The maximum Gasteiger partial charge on any atom is 0.344 e. The summed E-state index contributed by atoms with van der Waals surface area (Å²) in [6.45, 7) is 7.94. The molecule has 137 heavy (non-hydrogen) atoms. The van der Waals surface area contributed by atoms with Crippen LogP contribution >= 0.6 is 0 Å². The van der Waals surface area contributed by atoms with E-state index in [1.807, 2.05) is 256 Å². The van der Waals surface area contributed by atoms with Crippen molar-refractivity contribution in [3.05, 3.63) is 400 Å². The number of ketones is 2. The van der Waals surface area contributed by atoms with E-state index in [1.54, 1.807) is 18.2 Å². The van der Waals surface area contributed by atoms with Gasteiger partial charge in [0.05, 0.1) is 70.7 Å². The normalized spacial score (nSPS) is 11.0. The quantitative estimate of drug-likeness (QED) is 0.0237. The number of carboxylic acid groups (broad SMARTS) is 3. The number of nitrogens with zero attached hydrogens (tertiary/aromatic N) is 4. The van der Waals surface area contributed by atoms with Gasteiger partial charge >= 0.3 is 23.9 Å². The number of aryl methyl sites for hydroxylation is 1. The molecule has 0 amide bonds. The number of aliphatic carboxylic acids is 3. The number of carbonyl (C=O) groups is 6. The van der Waals surface area contributed by atoms with Crippen molar-refractivity contribution in [1.82, 2.24) is 19.9 Å². The van der Waals surface area contributed by atoms with Crippen LogP contribution in [0.15, 0.2) is 315 Å². The first-order valence-corrected chi connectivity index (χ1v) is 44.4. The number of hydrogen-bond donors (Lipinski definition) is 3. The Balaban J connectivity index is 0.000000154. The average Bonchev–Trinajstić information content (AvgIpc) is 0.820. The number of pyridine rings is 4. The summed E-state index contributed by atoms with van der Waals surface area (Å²) in [5.74, 6) is -2.18. The minimum Gasteiger partial charge on any atom is -0.489 e. The van der Waals surface area contributed by atoms with Crippen molar-refractivity contribution < 1.29 is 105 Å². The van der Waals surface area contributed by atoms with Crippen molar-refractivity contribution in [1.29, 1.82) is 0 Å². The molecule has 0 saturated carbocycles. The van der Waals surface area contributed by atoms with Crippen molar-refractivity contribution in [3.8, 4) is 51.7 Å². The molecule has 4 heterocycles. The number of aromatic nitrogens is 4. The van der Waals surface area contributed by atoms with Crippen LogP contribution < -0.4 is 42.6 Å². The Kier molecular flexibility index (Phi) is 35.6. The highest BCUT2D eigenvalue weighted by molar-refractivity contribution is 5.98. The van der Waals surface area contributed by atoms with Crippen LogP contribution in [-0.4, -0.2) is 83.4 Å². The lowest BCUT2D eigenvalue weighted by Crippen LogP contribution is -2.24. The van der Waals surface area contributed by atoms with Crippen LogP contribution in [0.5, 0.6) is 51.7 Å². The Morgan fingerprint density at radius 2 is 0.693 bits per heavy atom. The van der Waals surface area contributed by atoms with Gasteiger partial charge in [0, 0.05) is 57.1 Å². The number of hydrogen-bond acceptors (Lipinski definition) is 20. The van der Waals surface area contributed by atoms with Crippen molar-refractivity contribution in [3.63, 3.8) is 0 Å². The standard InChI is InChI=1S/C29H29NO5.C28H26FNO4.2C27H22FNO5/c1-3-8-22-10-6-11-23(28(22)35-20(2)29(31)32)18-33-25-12-7-13-26(17-25)34-19-24-16-15-21-9-4-5-14-27(21)30-24;1-2-15-32-28(31)17-21-9-14-27(25(29)16-21)34-18-20-7-12-24(13-8-20)33-19-23-11-10-22-5-3-4-6-26(22)30-23;28-23-15-20(25(30)11-13-27(31)32)9-12-26(23)34-16-18-4-3-6-22(14-18)33-17-21-10-8-19-5-1-2-7-24(19)29-21;28-23-15-20(25(30)12-14-27(31)32)8-13-26(23)34-16-18-5-10-22(11-6-18)33-17-21-9-7-19-3-1-2-4-24(19)29-21/h4-7,9-17,20H,3,8,18-19H2,1-2H3,(H,31,32);3-14,16H,2,15,17-19H2,1H3;1-10,12,14-15H,11,13,16-17H2,(H,31,32);1-11,13,15H,12,14,16-17H2,(H,31,32). The van der Waals surface area contributed by atoms with Gasteiger partial charge in [-0.05, 0) is 193 Å². The van der Waals surface area contributed by atoms with Gasteiger partial charge in [-0.3, -0.25) is 24.0 Å². The lowest BCUT2D eigenvalue weighted by atomic mass is 10.0. The number of Topliss-reactive ketones (excluding diaryl/α,β-unsaturated/α-hetero) is 2. The lowest BCUT2D eigenvalue weighted by Gasteiger charge is -2.18. The molecule has 0 aliphatic heterocycles. The van der Waals surface area contributed by atoms with E-state index in [1.165, 1.54) is 43.3 Å². The van der Waals surface area contributed by atoms with Crippen LogP contribution in [0.4, 0.5) is 13.2 Å². The number of esters is 1. The number of benzene rings is 12. The number of ether oxygens (including phenoxy) is 10. The van der Waals surface area contributed by atoms with Gasteiger partial charge < -0.3 is 62.7 Å². The summed E-state index contributed by atoms with van der Waals surface area (Å²) in [5, 5.41) is 31.0. The molecule has 0 aliphatic rings. The smallest absolute Gasteiger partial charge is 0.344 e. The van der Waals surface area contributed by atoms with Gasteiger partial charge in [0.25, 0.3) is 0 Å². The highest BCUT2D eigenvalue weighted by atomic mass is 19.1. The SMILES string of the molecule is CCCOC(=O)Cc1ccc(OCc2ccc(OCc3ccc4ccccc4n3)cc2)c(F)c1.CCCc1cccc(COc2cccc(OCc3ccc4ccccc4n3)c2)c1OC(C)C(=O)O.O=C(O)CCC(=O)c1ccc(OCc2ccc(OCc3ccc4ccccc4n3)cc2)c(F)c1.O=C(O)CCC(=O)c1ccc(OCc2cccc(OCc3ccc4ccccc4n3)c2)c(F)c1. The predicted molar refractivity (Wildman–Crippen MR) is 512 cm³/mol. The number of fused-ring (bicyclic) bond motifs is 4. The molecule has 16 aromatic rings. The molecular weight excluding hydrogens is 1750 g/mol. The summed E-state index contributed by atoms with van der Waals surface area (Å²) < 4.78 is 100. The molecule has 0 bridgehead atoms. The second kappa shape index (κ2) is 49.8. The topological polar surface area (TPSA) is 307 Å². The molecule has 3 N–H and O–H groups in total. The highest BCUT2D eigenvalue weighted by Crippen LogP contribution is 2.32. The van der Waals surface area contributed by atoms with Crippen LogP contribution in [0.25, 0.3) is 43.6 Å². The zero-order valence-electron chi connectivity index (χ0n) is 75.4. The fourth-order valence-electron chi connectivity index (χ4n) is 13.9. The molecule has 1 unspecified atom stereocenters. The highest BCUT2D eigenvalue weighted by Gasteiger charge is 2.21. The van der Waals surface area contributed by atoms with E-state index in [2.05, 4.69) is 26.9 Å². The van der Waals surface area contributed by atoms with Gasteiger partial charge in [-0.1, -0.05) is 184 Å². The van der Waals surface area contributed by atoms with Crippen molar-refractivity contribution in [2.75, 3.05) is 6.61 Å². The molecular formula is C111H99F3N4O19. The van der Waals surface area contributed by atoms with Gasteiger partial charge in [0.2, 0.25) is 0 Å². The van der Waals surface area contributed by atoms with E-state index in [0.717, 1.165) is 126 Å². The average molecular weight is 1850 g/mol. The maximum atomic E-state index is 14.4. The first-order valence-electron chi connectivity index (χ1n) is 44.4. The van der Waals surface area contributed by atoms with Crippen LogP contribution in [0, 0.1) is 17.5 Å². The molecule has 0 saturated heterocycles. The summed E-state index contributed by atoms with van der Waals surface area (Å²) in [4.78, 5) is 86.6.